The molecule has 3 aromatic rings. The van der Waals surface area contributed by atoms with E-state index in [2.05, 4.69) is 50.1 Å². The summed E-state index contributed by atoms with van der Waals surface area (Å²) in [5, 5.41) is 7.49. The van der Waals surface area contributed by atoms with Crippen LogP contribution >= 0.6 is 15.9 Å². The van der Waals surface area contributed by atoms with Gasteiger partial charge in [-0.3, -0.25) is 9.48 Å². The van der Waals surface area contributed by atoms with Crippen LogP contribution in [0.3, 0.4) is 0 Å². The molecule has 0 saturated carbocycles. The van der Waals surface area contributed by atoms with Gasteiger partial charge in [-0.05, 0) is 50.6 Å². The number of anilines is 2. The lowest BCUT2D eigenvalue weighted by molar-refractivity contribution is 0.102. The number of pyridine rings is 1. The Morgan fingerprint density at radius 3 is 2.39 bits per heavy atom. The Balaban J connectivity index is 1.87. The van der Waals surface area contributed by atoms with Crippen molar-refractivity contribution in [1.82, 2.24) is 14.8 Å². The summed E-state index contributed by atoms with van der Waals surface area (Å²) in [5.74, 6) is 1.33. The van der Waals surface area contributed by atoms with Gasteiger partial charge in [0.2, 0.25) is 0 Å². The zero-order valence-electron chi connectivity index (χ0n) is 16.5. The van der Waals surface area contributed by atoms with Crippen LogP contribution < -0.4 is 10.2 Å². The Labute approximate surface area is 173 Å². The molecule has 1 amide bonds. The number of hydrogen-bond acceptors (Lipinski definition) is 4. The third-order valence-electron chi connectivity index (χ3n) is 4.68. The van der Waals surface area contributed by atoms with Crippen molar-refractivity contribution in [3.63, 3.8) is 0 Å². The van der Waals surface area contributed by atoms with E-state index in [1.54, 1.807) is 16.9 Å². The van der Waals surface area contributed by atoms with E-state index >= 15 is 0 Å². The van der Waals surface area contributed by atoms with E-state index in [1.807, 2.05) is 44.3 Å². The van der Waals surface area contributed by atoms with E-state index < -0.39 is 0 Å². The van der Waals surface area contributed by atoms with E-state index in [4.69, 9.17) is 0 Å². The quantitative estimate of drug-likeness (QED) is 0.604. The van der Waals surface area contributed by atoms with Gasteiger partial charge in [0.25, 0.3) is 5.91 Å². The van der Waals surface area contributed by atoms with Gasteiger partial charge in [0.05, 0.1) is 11.3 Å². The molecule has 1 aromatic carbocycles. The Bertz CT molecular complexity index is 960. The maximum atomic E-state index is 12.8. The number of aromatic nitrogens is 3. The summed E-state index contributed by atoms with van der Waals surface area (Å²) < 4.78 is 2.70. The lowest BCUT2D eigenvalue weighted by Crippen LogP contribution is -2.23. The first-order valence-electron chi connectivity index (χ1n) is 9.26. The largest absolute Gasteiger partial charge is 0.357 e. The first kappa shape index (κ1) is 20.1. The fourth-order valence-corrected chi connectivity index (χ4v) is 3.46. The highest BCUT2D eigenvalue weighted by Gasteiger charge is 2.18. The lowest BCUT2D eigenvalue weighted by atomic mass is 10.1. The van der Waals surface area contributed by atoms with Gasteiger partial charge in [-0.2, -0.15) is 5.10 Å². The molecule has 0 aliphatic carbocycles. The molecule has 2 heterocycles. The first-order valence-corrected chi connectivity index (χ1v) is 10.1. The summed E-state index contributed by atoms with van der Waals surface area (Å²) >= 11 is 3.46. The van der Waals surface area contributed by atoms with E-state index in [1.165, 1.54) is 0 Å². The van der Waals surface area contributed by atoms with Crippen LogP contribution in [0.5, 0.6) is 0 Å². The van der Waals surface area contributed by atoms with Crippen molar-refractivity contribution in [2.75, 3.05) is 23.3 Å². The van der Waals surface area contributed by atoms with Gasteiger partial charge >= 0.3 is 0 Å². The number of carbonyl (C=O) groups is 1. The van der Waals surface area contributed by atoms with Crippen LogP contribution in [0.25, 0.3) is 11.1 Å². The van der Waals surface area contributed by atoms with Crippen LogP contribution in [0.4, 0.5) is 11.6 Å². The van der Waals surface area contributed by atoms with E-state index in [9.17, 15) is 4.79 Å². The molecule has 0 unspecified atom stereocenters. The van der Waals surface area contributed by atoms with Gasteiger partial charge in [0.15, 0.2) is 0 Å². The fraction of sp³-hybridized carbons (Fsp3) is 0.286. The zero-order chi connectivity index (χ0) is 20.3. The molecule has 0 saturated heterocycles. The molecule has 0 radical (unpaired) electrons. The molecule has 0 atom stereocenters. The third kappa shape index (κ3) is 4.09. The van der Waals surface area contributed by atoms with Gasteiger partial charge in [0.1, 0.15) is 11.6 Å². The van der Waals surface area contributed by atoms with Crippen molar-refractivity contribution in [3.05, 3.63) is 58.3 Å². The number of rotatable bonds is 6. The molecule has 146 valence electrons. The summed E-state index contributed by atoms with van der Waals surface area (Å²) in [7, 11) is 1.83. The predicted octanol–water partition coefficient (Wildman–Crippen LogP) is 4.65. The average Bonchev–Trinajstić information content (AvgIpc) is 2.97. The molecule has 0 aliphatic rings. The Hall–Kier alpha value is -2.67. The molecular weight excluding hydrogens is 418 g/mol. The van der Waals surface area contributed by atoms with Crippen molar-refractivity contribution in [1.29, 1.82) is 0 Å². The zero-order valence-corrected chi connectivity index (χ0v) is 18.1. The summed E-state index contributed by atoms with van der Waals surface area (Å²) in [5.41, 5.74) is 3.28. The van der Waals surface area contributed by atoms with E-state index in [0.29, 0.717) is 11.4 Å². The van der Waals surface area contributed by atoms with Gasteiger partial charge in [-0.15, -0.1) is 0 Å². The normalized spacial score (nSPS) is 10.8. The van der Waals surface area contributed by atoms with Crippen molar-refractivity contribution in [2.45, 2.75) is 20.8 Å². The molecule has 3 rings (SSSR count). The minimum absolute atomic E-state index is 0.208. The Morgan fingerprint density at radius 2 is 1.82 bits per heavy atom. The number of benzene rings is 1. The van der Waals surface area contributed by atoms with Gasteiger partial charge in [0, 0.05) is 36.4 Å². The maximum absolute atomic E-state index is 12.8. The van der Waals surface area contributed by atoms with Crippen LogP contribution in [0.1, 0.15) is 29.9 Å². The highest BCUT2D eigenvalue weighted by molar-refractivity contribution is 9.10. The van der Waals surface area contributed by atoms with E-state index in [-0.39, 0.29) is 5.91 Å². The second-order valence-electron chi connectivity index (χ2n) is 6.47. The van der Waals surface area contributed by atoms with Crippen molar-refractivity contribution in [2.24, 2.45) is 7.05 Å². The first-order chi connectivity index (χ1) is 13.4. The number of amides is 1. The number of nitrogens with zero attached hydrogens (tertiary/aromatic N) is 4. The second kappa shape index (κ2) is 8.56. The highest BCUT2D eigenvalue weighted by Crippen LogP contribution is 2.32. The third-order valence-corrected chi connectivity index (χ3v) is 5.21. The molecule has 28 heavy (non-hydrogen) atoms. The summed E-state index contributed by atoms with van der Waals surface area (Å²) in [4.78, 5) is 19.4. The number of hydrogen-bond donors (Lipinski definition) is 1. The summed E-state index contributed by atoms with van der Waals surface area (Å²) in [6.45, 7) is 7.85. The van der Waals surface area contributed by atoms with Crippen LogP contribution in [0.15, 0.2) is 47.1 Å². The number of nitrogens with one attached hydrogen (secondary N) is 1. The Kier molecular flexibility index (Phi) is 6.14. The molecule has 0 aliphatic heterocycles. The minimum Gasteiger partial charge on any atom is -0.357 e. The molecule has 1 N–H and O–H groups in total. The number of halogens is 1. The SMILES string of the molecule is CCN(CC)c1ccc(C(=O)Nc2c(-c3ccc(Br)cc3)c(C)nn2C)cn1. The molecule has 0 spiro atoms. The molecule has 2 aromatic heterocycles. The highest BCUT2D eigenvalue weighted by atomic mass is 79.9. The molecular formula is C21H24BrN5O. The summed E-state index contributed by atoms with van der Waals surface area (Å²) in [6, 6.07) is 11.6. The van der Waals surface area contributed by atoms with Gasteiger partial charge in [-0.25, -0.2) is 4.98 Å². The van der Waals surface area contributed by atoms with Crippen LogP contribution in [0.2, 0.25) is 0 Å². The average molecular weight is 442 g/mol. The fourth-order valence-electron chi connectivity index (χ4n) is 3.20. The lowest BCUT2D eigenvalue weighted by Gasteiger charge is -2.19. The molecule has 6 nitrogen and oxygen atoms in total. The smallest absolute Gasteiger partial charge is 0.258 e. The molecule has 7 heteroatoms. The summed E-state index contributed by atoms with van der Waals surface area (Å²) in [6.07, 6.45) is 1.62. The van der Waals surface area contributed by atoms with Crippen molar-refractivity contribution in [3.8, 4) is 11.1 Å². The van der Waals surface area contributed by atoms with Crippen molar-refractivity contribution >= 4 is 33.5 Å². The topological polar surface area (TPSA) is 63.1 Å². The standard InChI is InChI=1S/C21H24BrN5O/c1-5-27(6-2)18-12-9-16(13-23-18)21(28)24-20-19(14(3)25-26(20)4)15-7-10-17(22)11-8-15/h7-13H,5-6H2,1-4H3,(H,24,28). The van der Waals surface area contributed by atoms with Gasteiger partial charge < -0.3 is 10.2 Å². The number of aryl methyl sites for hydroxylation is 2. The second-order valence-corrected chi connectivity index (χ2v) is 7.39. The monoisotopic (exact) mass is 441 g/mol. The van der Waals surface area contributed by atoms with E-state index in [0.717, 1.165) is 40.2 Å². The molecule has 0 bridgehead atoms. The maximum Gasteiger partial charge on any atom is 0.258 e. The Morgan fingerprint density at radius 1 is 1.14 bits per heavy atom. The van der Waals surface area contributed by atoms with Gasteiger partial charge in [-0.1, -0.05) is 28.1 Å². The van der Waals surface area contributed by atoms with Crippen molar-refractivity contribution < 1.29 is 4.79 Å². The number of carbonyl (C=O) groups excluding carboxylic acids is 1. The predicted molar refractivity (Wildman–Crippen MR) is 117 cm³/mol. The van der Waals surface area contributed by atoms with Crippen LogP contribution in [-0.4, -0.2) is 33.8 Å². The van der Waals surface area contributed by atoms with Crippen LogP contribution in [0, 0.1) is 6.92 Å². The molecule has 0 fully saturated rings. The minimum atomic E-state index is -0.208. The van der Waals surface area contributed by atoms with Crippen LogP contribution in [-0.2, 0) is 7.05 Å².